The van der Waals surface area contributed by atoms with Gasteiger partial charge in [-0.1, -0.05) is 13.0 Å². The fraction of sp³-hybridized carbons (Fsp3) is 0.455. The van der Waals surface area contributed by atoms with Crippen LogP contribution in [0.2, 0.25) is 0 Å². The Morgan fingerprint density at radius 1 is 1.05 bits per heavy atom. The van der Waals surface area contributed by atoms with Crippen LogP contribution in [0.25, 0.3) is 10.9 Å². The molecule has 3 amide bonds. The number of aromatic nitrogens is 2. The molecule has 4 aromatic rings. The number of halogens is 2. The standard InChI is InChI=1S/C44H49F2N9O8S/c1-3-52(2)64(60,61)51-37-9-7-34(45)41(33(37)23-47)63-30-5-8-36-32(21-30)43(59)55(26-48-36)29-22-44(62-25-29)14-18-54(19-15-44)40(57)24-53-16-12-27(13-17-53)31-6-4-28(20-35(31)46)49-38-10-11-39(56)50-42(38)58/h4-9,20-21,26-27,29,38,49,51H,3,10-19,22,24-25H2,1-2H3,(H,50,56,58)/t29-,38-/m1/s1. The maximum atomic E-state index is 15.3. The Morgan fingerprint density at radius 3 is 2.52 bits per heavy atom. The number of ether oxygens (including phenoxy) is 2. The Kier molecular flexibility index (Phi) is 12.7. The van der Waals surface area contributed by atoms with Gasteiger partial charge in [0.05, 0.1) is 47.7 Å². The fourth-order valence-corrected chi connectivity index (χ4v) is 9.92. The van der Waals surface area contributed by atoms with Crippen molar-refractivity contribution in [3.05, 3.63) is 88.0 Å². The number of fused-ring (bicyclic) bond motifs is 1. The van der Waals surface area contributed by atoms with Crippen molar-refractivity contribution in [3.63, 3.8) is 0 Å². The van der Waals surface area contributed by atoms with Crippen LogP contribution in [0, 0.1) is 23.0 Å². The third-order valence-electron chi connectivity index (χ3n) is 12.9. The molecular weight excluding hydrogens is 853 g/mol. The van der Waals surface area contributed by atoms with Gasteiger partial charge in [0.25, 0.3) is 5.56 Å². The Hall–Kier alpha value is -6.01. The largest absolute Gasteiger partial charge is 0.453 e. The molecule has 1 spiro atoms. The number of anilines is 2. The molecule has 338 valence electrons. The molecule has 2 atom stereocenters. The third kappa shape index (κ3) is 9.29. The highest BCUT2D eigenvalue weighted by Crippen LogP contribution is 2.41. The van der Waals surface area contributed by atoms with Crippen molar-refractivity contribution in [2.45, 2.75) is 75.5 Å². The first-order valence-electron chi connectivity index (χ1n) is 21.3. The molecule has 0 aliphatic carbocycles. The summed E-state index contributed by atoms with van der Waals surface area (Å²) in [6.07, 6.45) is 5.15. The van der Waals surface area contributed by atoms with Crippen molar-refractivity contribution in [1.82, 2.24) is 29.0 Å². The summed E-state index contributed by atoms with van der Waals surface area (Å²) in [6.45, 7) is 4.59. The Bertz CT molecular complexity index is 2700. The number of amides is 3. The highest BCUT2D eigenvalue weighted by atomic mass is 32.2. The van der Waals surface area contributed by atoms with Crippen LogP contribution in [0.15, 0.2) is 59.7 Å². The van der Waals surface area contributed by atoms with Crippen LogP contribution in [0.3, 0.4) is 0 Å². The van der Waals surface area contributed by atoms with Gasteiger partial charge in [0.2, 0.25) is 17.7 Å². The molecule has 1 aromatic heterocycles. The molecule has 64 heavy (non-hydrogen) atoms. The van der Waals surface area contributed by atoms with Crippen LogP contribution in [0.1, 0.15) is 75.0 Å². The van der Waals surface area contributed by atoms with Gasteiger partial charge < -0.3 is 19.7 Å². The van der Waals surface area contributed by atoms with Gasteiger partial charge in [0, 0.05) is 38.8 Å². The fourth-order valence-electron chi connectivity index (χ4n) is 8.98. The lowest BCUT2D eigenvalue weighted by atomic mass is 9.87. The summed E-state index contributed by atoms with van der Waals surface area (Å²) >= 11 is 0. The van der Waals surface area contributed by atoms with E-state index in [1.807, 2.05) is 11.0 Å². The zero-order chi connectivity index (χ0) is 45.3. The van der Waals surface area contributed by atoms with E-state index < -0.39 is 39.3 Å². The summed E-state index contributed by atoms with van der Waals surface area (Å²) in [5.74, 6) is -2.46. The van der Waals surface area contributed by atoms with Crippen molar-refractivity contribution in [2.75, 3.05) is 63.0 Å². The van der Waals surface area contributed by atoms with Crippen molar-refractivity contribution in [1.29, 1.82) is 5.26 Å². The normalized spacial score (nSPS) is 20.7. The molecule has 5 heterocycles. The first-order valence-corrected chi connectivity index (χ1v) is 22.8. The highest BCUT2D eigenvalue weighted by molar-refractivity contribution is 7.90. The van der Waals surface area contributed by atoms with Gasteiger partial charge in [-0.25, -0.2) is 13.8 Å². The predicted molar refractivity (Wildman–Crippen MR) is 231 cm³/mol. The highest BCUT2D eigenvalue weighted by Gasteiger charge is 2.44. The van der Waals surface area contributed by atoms with Crippen LogP contribution in [-0.4, -0.2) is 114 Å². The van der Waals surface area contributed by atoms with E-state index in [1.54, 1.807) is 19.1 Å². The Morgan fingerprint density at radius 2 is 1.81 bits per heavy atom. The minimum Gasteiger partial charge on any atom is -0.453 e. The van der Waals surface area contributed by atoms with E-state index >= 15 is 8.78 Å². The van der Waals surface area contributed by atoms with Crippen LogP contribution >= 0.6 is 0 Å². The second-order valence-electron chi connectivity index (χ2n) is 16.8. The molecule has 20 heteroatoms. The van der Waals surface area contributed by atoms with Crippen molar-refractivity contribution in [2.24, 2.45) is 0 Å². The lowest BCUT2D eigenvalue weighted by molar-refractivity contribution is -0.137. The minimum absolute atomic E-state index is 0.00504. The van der Waals surface area contributed by atoms with Gasteiger partial charge in [-0.2, -0.15) is 18.0 Å². The van der Waals surface area contributed by atoms with Gasteiger partial charge in [-0.15, -0.1) is 0 Å². The molecule has 3 aromatic carbocycles. The van der Waals surface area contributed by atoms with E-state index in [9.17, 15) is 32.9 Å². The zero-order valence-electron chi connectivity index (χ0n) is 35.4. The van der Waals surface area contributed by atoms with Gasteiger partial charge in [-0.05, 0) is 106 Å². The van der Waals surface area contributed by atoms with Crippen molar-refractivity contribution < 1.29 is 41.1 Å². The summed E-state index contributed by atoms with van der Waals surface area (Å²) < 4.78 is 72.7. The molecule has 8 rings (SSSR count). The Balaban J connectivity index is 0.847. The smallest absolute Gasteiger partial charge is 0.301 e. The molecule has 4 saturated heterocycles. The number of carbonyl (C=O) groups excluding carboxylic acids is 3. The van der Waals surface area contributed by atoms with Crippen LogP contribution in [0.4, 0.5) is 20.2 Å². The van der Waals surface area contributed by atoms with E-state index in [-0.39, 0.29) is 83.7 Å². The lowest BCUT2D eigenvalue weighted by Crippen LogP contribution is -2.50. The number of nitrogens with one attached hydrogen (secondary N) is 3. The number of likely N-dealkylation sites (tertiary alicyclic amines) is 2. The van der Waals surface area contributed by atoms with E-state index in [4.69, 9.17) is 9.47 Å². The number of imide groups is 1. The minimum atomic E-state index is -4.03. The molecule has 4 aliphatic rings. The molecule has 3 N–H and O–H groups in total. The summed E-state index contributed by atoms with van der Waals surface area (Å²) in [5, 5.41) is 15.4. The second-order valence-corrected chi connectivity index (χ2v) is 18.6. The predicted octanol–water partition coefficient (Wildman–Crippen LogP) is 4.37. The molecule has 4 aliphatic heterocycles. The van der Waals surface area contributed by atoms with Gasteiger partial charge >= 0.3 is 10.2 Å². The first-order chi connectivity index (χ1) is 30.7. The molecule has 4 fully saturated rings. The summed E-state index contributed by atoms with van der Waals surface area (Å²) in [5.41, 5.74) is 0.000439. The number of nitrogens with zero attached hydrogens (tertiary/aromatic N) is 6. The molecule has 0 saturated carbocycles. The molecule has 0 radical (unpaired) electrons. The number of carbonyl (C=O) groups is 3. The molecule has 17 nitrogen and oxygen atoms in total. The Labute approximate surface area is 368 Å². The van der Waals surface area contributed by atoms with Crippen molar-refractivity contribution >= 4 is 50.2 Å². The van der Waals surface area contributed by atoms with Crippen LogP contribution < -0.4 is 25.7 Å². The maximum absolute atomic E-state index is 15.3. The van der Waals surface area contributed by atoms with Crippen LogP contribution in [0.5, 0.6) is 11.5 Å². The van der Waals surface area contributed by atoms with E-state index in [0.717, 1.165) is 16.4 Å². The maximum Gasteiger partial charge on any atom is 0.301 e. The lowest BCUT2D eigenvalue weighted by Gasteiger charge is -2.40. The number of piperidine rings is 3. The first kappa shape index (κ1) is 44.6. The SMILES string of the molecule is CCN(C)S(=O)(=O)Nc1ccc(F)c(Oc2ccc3ncn([C@H]4COC5(CCN(C(=O)CN6CCC(c7ccc(N[C@@H]8CCC(=O)NC8=O)cc7F)CC6)CC5)C4)c(=O)c3c2)c1C#N. The third-order valence-corrected chi connectivity index (χ3v) is 14.4. The average Bonchev–Trinajstić information content (AvgIpc) is 3.68. The van der Waals surface area contributed by atoms with Crippen molar-refractivity contribution in [3.8, 4) is 17.6 Å². The summed E-state index contributed by atoms with van der Waals surface area (Å²) in [4.78, 5) is 59.4. The molecule has 0 bridgehead atoms. The number of hydrogen-bond acceptors (Lipinski definition) is 12. The number of rotatable bonds is 12. The van der Waals surface area contributed by atoms with E-state index in [2.05, 4.69) is 25.2 Å². The number of nitriles is 1. The molecular formula is C44H49F2N9O8S. The topological polar surface area (TPSA) is 208 Å². The summed E-state index contributed by atoms with van der Waals surface area (Å²) in [7, 11) is -2.68. The van der Waals surface area contributed by atoms with Gasteiger partial charge in [0.15, 0.2) is 11.6 Å². The molecule has 0 unspecified atom stereocenters. The van der Waals surface area contributed by atoms with Crippen LogP contribution in [-0.2, 0) is 29.3 Å². The second kappa shape index (κ2) is 18.2. The van der Waals surface area contributed by atoms with Gasteiger partial charge in [0.1, 0.15) is 29.2 Å². The number of hydrogen-bond donors (Lipinski definition) is 3. The van der Waals surface area contributed by atoms with E-state index in [1.165, 1.54) is 42.2 Å². The quantitative estimate of drug-likeness (QED) is 0.170. The summed E-state index contributed by atoms with van der Waals surface area (Å²) in [6, 6.07) is 12.3. The monoisotopic (exact) mass is 901 g/mol. The zero-order valence-corrected chi connectivity index (χ0v) is 36.3. The van der Waals surface area contributed by atoms with Gasteiger partial charge in [-0.3, -0.25) is 38.7 Å². The average molecular weight is 902 g/mol. The number of benzene rings is 3. The van der Waals surface area contributed by atoms with E-state index in [0.29, 0.717) is 81.5 Å².